The molecule has 0 spiro atoms. The Morgan fingerprint density at radius 3 is 2.86 bits per heavy atom. The Kier molecular flexibility index (Phi) is 3.29. The molecule has 5 nitrogen and oxygen atoms in total. The summed E-state index contributed by atoms with van der Waals surface area (Å²) in [5.41, 5.74) is 0.374. The molecule has 0 aromatic heterocycles. The predicted molar refractivity (Wildman–Crippen MR) is 85.1 cm³/mol. The Bertz CT molecular complexity index is 626. The van der Waals surface area contributed by atoms with Gasteiger partial charge in [0.05, 0.1) is 29.4 Å². The molecule has 6 heteroatoms. The molecule has 2 saturated heterocycles. The minimum atomic E-state index is -0.407. The molecule has 5 rings (SSSR count). The lowest BCUT2D eigenvalue weighted by Crippen LogP contribution is -2.62. The molecule has 0 unspecified atom stereocenters. The van der Waals surface area contributed by atoms with Gasteiger partial charge in [0.1, 0.15) is 6.04 Å². The zero-order valence-corrected chi connectivity index (χ0v) is 12.9. The van der Waals surface area contributed by atoms with Gasteiger partial charge in [0.15, 0.2) is 0 Å². The molecule has 3 aliphatic heterocycles. The van der Waals surface area contributed by atoms with Crippen LogP contribution in [0.5, 0.6) is 0 Å². The maximum atomic E-state index is 12.5. The van der Waals surface area contributed by atoms with E-state index in [1.54, 1.807) is 11.8 Å². The van der Waals surface area contributed by atoms with E-state index in [1.807, 2.05) is 30.3 Å². The van der Waals surface area contributed by atoms with Crippen molar-refractivity contribution in [2.45, 2.75) is 30.0 Å². The molecule has 4 aliphatic rings. The number of aliphatic imine (C=N–C) groups is 1. The maximum absolute atomic E-state index is 12.5. The molecule has 0 radical (unpaired) electrons. The highest BCUT2D eigenvalue weighted by Gasteiger charge is 2.63. The van der Waals surface area contributed by atoms with E-state index >= 15 is 0 Å². The SMILES string of the molecule is O=C(NC12COC(CO)(C1)C2)[C@@H]1CSC(c2ccccc2)=N1. The van der Waals surface area contributed by atoms with Gasteiger partial charge in [-0.2, -0.15) is 0 Å². The lowest BCUT2D eigenvalue weighted by atomic mass is 9.68. The fraction of sp³-hybridized carbons (Fsp3) is 0.500. The predicted octanol–water partition coefficient (Wildman–Crippen LogP) is 0.959. The number of aliphatic hydroxyl groups excluding tert-OH is 1. The first-order valence-corrected chi connectivity index (χ1v) is 8.45. The average Bonchev–Trinajstić information content (AvgIpc) is 3.20. The van der Waals surface area contributed by atoms with Crippen molar-refractivity contribution in [3.63, 3.8) is 0 Å². The molecule has 1 aliphatic carbocycles. The number of benzene rings is 1. The fourth-order valence-electron chi connectivity index (χ4n) is 3.55. The summed E-state index contributed by atoms with van der Waals surface area (Å²) in [7, 11) is 0. The van der Waals surface area contributed by atoms with Crippen LogP contribution in [-0.4, -0.2) is 52.2 Å². The normalized spacial score (nSPS) is 35.9. The Hall–Kier alpha value is -1.37. The van der Waals surface area contributed by atoms with Gasteiger partial charge in [-0.3, -0.25) is 9.79 Å². The number of hydrogen-bond acceptors (Lipinski definition) is 5. The van der Waals surface area contributed by atoms with Crippen molar-refractivity contribution >= 4 is 22.7 Å². The number of nitrogens with zero attached hydrogens (tertiary/aromatic N) is 1. The quantitative estimate of drug-likeness (QED) is 0.867. The number of carbonyl (C=O) groups excluding carboxylic acids is 1. The minimum absolute atomic E-state index is 0.0280. The molecule has 3 heterocycles. The number of aliphatic hydroxyl groups is 1. The van der Waals surface area contributed by atoms with Crippen LogP contribution in [0.2, 0.25) is 0 Å². The van der Waals surface area contributed by atoms with Crippen LogP contribution in [-0.2, 0) is 9.53 Å². The van der Waals surface area contributed by atoms with Crippen molar-refractivity contribution in [2.24, 2.45) is 4.99 Å². The Balaban J connectivity index is 1.42. The van der Waals surface area contributed by atoms with Crippen LogP contribution in [0.15, 0.2) is 35.3 Å². The standard InChI is InChI=1S/C16H18N2O3S/c19-9-16-7-15(8-16,10-21-16)18-13(20)12-6-22-14(17-12)11-4-2-1-3-5-11/h1-5,12,19H,6-10H2,(H,18,20)/t12-,15?,16?/m0/s1. The molecule has 116 valence electrons. The van der Waals surface area contributed by atoms with Gasteiger partial charge in [-0.1, -0.05) is 30.3 Å². The van der Waals surface area contributed by atoms with Crippen LogP contribution >= 0.6 is 11.8 Å². The van der Waals surface area contributed by atoms with E-state index in [0.29, 0.717) is 25.2 Å². The van der Waals surface area contributed by atoms with Crippen molar-refractivity contribution < 1.29 is 14.6 Å². The van der Waals surface area contributed by atoms with Crippen LogP contribution in [0.25, 0.3) is 0 Å². The summed E-state index contributed by atoms with van der Waals surface area (Å²) in [4.78, 5) is 17.0. The van der Waals surface area contributed by atoms with Crippen LogP contribution in [0.3, 0.4) is 0 Å². The number of hydrogen-bond donors (Lipinski definition) is 2. The second kappa shape index (κ2) is 5.08. The smallest absolute Gasteiger partial charge is 0.246 e. The second-order valence-corrected chi connectivity index (χ2v) is 7.39. The first kappa shape index (κ1) is 14.2. The van der Waals surface area contributed by atoms with E-state index in [1.165, 1.54) is 0 Å². The number of amides is 1. The third-order valence-electron chi connectivity index (χ3n) is 4.63. The van der Waals surface area contributed by atoms with Gasteiger partial charge in [0, 0.05) is 24.2 Å². The largest absolute Gasteiger partial charge is 0.393 e. The number of ether oxygens (including phenoxy) is 1. The topological polar surface area (TPSA) is 70.9 Å². The summed E-state index contributed by atoms with van der Waals surface area (Å²) in [6.07, 6.45) is 1.41. The lowest BCUT2D eigenvalue weighted by Gasteiger charge is -2.43. The number of rotatable bonds is 4. The molecule has 22 heavy (non-hydrogen) atoms. The van der Waals surface area contributed by atoms with Gasteiger partial charge < -0.3 is 15.2 Å². The third kappa shape index (κ3) is 2.26. The summed E-state index contributed by atoms with van der Waals surface area (Å²) < 4.78 is 5.62. The van der Waals surface area contributed by atoms with Gasteiger partial charge in [0.25, 0.3) is 0 Å². The zero-order chi connectivity index (χ0) is 15.2. The average molecular weight is 318 g/mol. The molecule has 3 fully saturated rings. The van der Waals surface area contributed by atoms with E-state index in [-0.39, 0.29) is 24.1 Å². The molecule has 2 bridgehead atoms. The summed E-state index contributed by atoms with van der Waals surface area (Å²) >= 11 is 1.62. The summed E-state index contributed by atoms with van der Waals surface area (Å²) in [5, 5.41) is 13.3. The molecule has 1 atom stereocenters. The van der Waals surface area contributed by atoms with E-state index in [2.05, 4.69) is 10.3 Å². The number of nitrogens with one attached hydrogen (secondary N) is 1. The summed E-state index contributed by atoms with van der Waals surface area (Å²) in [6.45, 7) is 0.522. The first-order chi connectivity index (χ1) is 10.6. The number of fused-ring (bicyclic) bond motifs is 1. The molecule has 1 amide bonds. The molecular formula is C16H18N2O3S. The summed E-state index contributed by atoms with van der Waals surface area (Å²) in [6, 6.07) is 9.61. The van der Waals surface area contributed by atoms with Crippen LogP contribution in [0.1, 0.15) is 18.4 Å². The minimum Gasteiger partial charge on any atom is -0.393 e. The summed E-state index contributed by atoms with van der Waals surface area (Å²) in [5.74, 6) is 0.647. The molecule has 1 aromatic rings. The molecule has 1 saturated carbocycles. The van der Waals surface area contributed by atoms with Gasteiger partial charge in [0.2, 0.25) is 5.91 Å². The second-order valence-electron chi connectivity index (χ2n) is 6.38. The van der Waals surface area contributed by atoms with Gasteiger partial charge in [-0.25, -0.2) is 0 Å². The van der Waals surface area contributed by atoms with Crippen LogP contribution in [0, 0.1) is 0 Å². The lowest BCUT2D eigenvalue weighted by molar-refractivity contribution is -0.125. The highest BCUT2D eigenvalue weighted by atomic mass is 32.2. The molecule has 1 aromatic carbocycles. The number of carbonyl (C=O) groups is 1. The van der Waals surface area contributed by atoms with E-state index in [9.17, 15) is 9.90 Å². The van der Waals surface area contributed by atoms with E-state index < -0.39 is 5.60 Å². The van der Waals surface area contributed by atoms with Crippen molar-refractivity contribution in [3.05, 3.63) is 35.9 Å². The van der Waals surface area contributed by atoms with Crippen LogP contribution in [0.4, 0.5) is 0 Å². The zero-order valence-electron chi connectivity index (χ0n) is 12.1. The highest BCUT2D eigenvalue weighted by Crippen LogP contribution is 2.51. The first-order valence-electron chi connectivity index (χ1n) is 7.47. The van der Waals surface area contributed by atoms with Crippen molar-refractivity contribution in [3.8, 4) is 0 Å². The van der Waals surface area contributed by atoms with Crippen molar-refractivity contribution in [1.82, 2.24) is 5.32 Å². The van der Waals surface area contributed by atoms with Gasteiger partial charge in [-0.05, 0) is 0 Å². The van der Waals surface area contributed by atoms with Gasteiger partial charge in [-0.15, -0.1) is 11.8 Å². The maximum Gasteiger partial charge on any atom is 0.246 e. The van der Waals surface area contributed by atoms with E-state index in [4.69, 9.17) is 4.74 Å². The van der Waals surface area contributed by atoms with Crippen LogP contribution < -0.4 is 5.32 Å². The van der Waals surface area contributed by atoms with Crippen molar-refractivity contribution in [1.29, 1.82) is 0 Å². The Morgan fingerprint density at radius 1 is 1.41 bits per heavy atom. The fourth-order valence-corrected chi connectivity index (χ4v) is 4.60. The Labute approximate surface area is 133 Å². The van der Waals surface area contributed by atoms with Crippen molar-refractivity contribution in [2.75, 3.05) is 19.0 Å². The number of thioether (sulfide) groups is 1. The monoisotopic (exact) mass is 318 g/mol. The highest BCUT2D eigenvalue weighted by molar-refractivity contribution is 8.14. The van der Waals surface area contributed by atoms with E-state index in [0.717, 1.165) is 10.6 Å². The molecular weight excluding hydrogens is 300 g/mol. The van der Waals surface area contributed by atoms with Gasteiger partial charge >= 0.3 is 0 Å². The molecule has 2 N–H and O–H groups in total. The Morgan fingerprint density at radius 2 is 2.18 bits per heavy atom. The third-order valence-corrected chi connectivity index (χ3v) is 5.72.